The first kappa shape index (κ1) is 24.7. The number of H-pyrrole nitrogens is 1. The third-order valence-electron chi connectivity index (χ3n) is 7.93. The summed E-state index contributed by atoms with van der Waals surface area (Å²) in [5, 5.41) is 1.02. The molecule has 198 valence electrons. The molecule has 6 rings (SSSR count). The smallest absolute Gasteiger partial charge is 0.135 e. The van der Waals surface area contributed by atoms with Gasteiger partial charge in [-0.05, 0) is 51.7 Å². The van der Waals surface area contributed by atoms with Gasteiger partial charge in [-0.3, -0.25) is 9.80 Å². The molecule has 0 bridgehead atoms. The van der Waals surface area contributed by atoms with E-state index in [2.05, 4.69) is 4.98 Å². The molecule has 3 heterocycles. The summed E-state index contributed by atoms with van der Waals surface area (Å²) >= 11 is 0. The summed E-state index contributed by atoms with van der Waals surface area (Å²) in [5.41, 5.74) is -0.132. The highest BCUT2D eigenvalue weighted by molar-refractivity contribution is 5.85. The molecule has 8 heteroatoms. The molecule has 1 aliphatic carbocycles. The Labute approximate surface area is 214 Å². The Morgan fingerprint density at radius 1 is 1.11 bits per heavy atom. The van der Waals surface area contributed by atoms with E-state index in [0.717, 1.165) is 16.5 Å². The van der Waals surface area contributed by atoms with Gasteiger partial charge in [-0.25, -0.2) is 17.6 Å². The van der Waals surface area contributed by atoms with E-state index in [4.69, 9.17) is 4.74 Å². The van der Waals surface area contributed by atoms with Crippen molar-refractivity contribution >= 4 is 10.9 Å². The van der Waals surface area contributed by atoms with Gasteiger partial charge in [0.2, 0.25) is 0 Å². The first-order chi connectivity index (χ1) is 17.5. The number of hydrogen-bond donors (Lipinski definition) is 1. The molecule has 2 atom stereocenters. The first-order valence-corrected chi connectivity index (χ1v) is 13.1. The van der Waals surface area contributed by atoms with Crippen molar-refractivity contribution in [1.82, 2.24) is 14.8 Å². The molecule has 2 aromatic carbocycles. The fourth-order valence-corrected chi connectivity index (χ4v) is 6.00. The Bertz CT molecular complexity index is 1300. The van der Waals surface area contributed by atoms with E-state index in [1.165, 1.54) is 26.0 Å². The van der Waals surface area contributed by atoms with Gasteiger partial charge in [-0.1, -0.05) is 18.2 Å². The zero-order chi connectivity index (χ0) is 26.1. The average molecular weight is 516 g/mol. The molecular formula is C29H33F4N3O. The van der Waals surface area contributed by atoms with E-state index >= 15 is 8.78 Å². The second-order valence-electron chi connectivity index (χ2n) is 11.8. The van der Waals surface area contributed by atoms with Gasteiger partial charge in [0.25, 0.3) is 0 Å². The Balaban J connectivity index is 1.32. The second kappa shape index (κ2) is 8.73. The lowest BCUT2D eigenvalue weighted by Gasteiger charge is -2.43. The van der Waals surface area contributed by atoms with E-state index in [-0.39, 0.29) is 30.0 Å². The molecular weight excluding hydrogens is 482 g/mol. The maximum absolute atomic E-state index is 15.7. The van der Waals surface area contributed by atoms with Gasteiger partial charge in [0.1, 0.15) is 34.8 Å². The fraction of sp³-hybridized carbons (Fsp3) is 0.517. The molecule has 1 aromatic heterocycles. The number of nitrogens with one attached hydrogen (secondary N) is 1. The van der Waals surface area contributed by atoms with Gasteiger partial charge in [0.05, 0.1) is 6.04 Å². The number of hydrogen-bond acceptors (Lipinski definition) is 3. The minimum Gasteiger partial charge on any atom is -0.488 e. The quantitative estimate of drug-likeness (QED) is 0.386. The summed E-state index contributed by atoms with van der Waals surface area (Å²) in [6.07, 6.45) is 1.61. The SMILES string of the molecule is C[C@@H]1Cc2c([nH]c3ccccc23)[C@@H](c2c(F)cc(OC3CN(CC4(F)CC4)C3)cc2F)N1CC(C)(C)F. The molecule has 1 N–H and O–H groups in total. The Morgan fingerprint density at radius 3 is 2.43 bits per heavy atom. The third-order valence-corrected chi connectivity index (χ3v) is 7.93. The van der Waals surface area contributed by atoms with Gasteiger partial charge in [0, 0.05) is 66.5 Å². The number of fused-ring (bicyclic) bond motifs is 3. The molecule has 0 amide bonds. The van der Waals surface area contributed by atoms with Crippen LogP contribution in [0.3, 0.4) is 0 Å². The Kier molecular flexibility index (Phi) is 5.84. The summed E-state index contributed by atoms with van der Waals surface area (Å²) in [6, 6.07) is 9.30. The van der Waals surface area contributed by atoms with Crippen molar-refractivity contribution in [3.05, 3.63) is 64.9 Å². The molecule has 4 nitrogen and oxygen atoms in total. The molecule has 0 unspecified atom stereocenters. The Hall–Kier alpha value is -2.58. The number of ether oxygens (including phenoxy) is 1. The van der Waals surface area contributed by atoms with E-state index < -0.39 is 29.0 Å². The van der Waals surface area contributed by atoms with E-state index in [9.17, 15) is 8.78 Å². The summed E-state index contributed by atoms with van der Waals surface area (Å²) < 4.78 is 66.2. The maximum atomic E-state index is 15.7. The normalized spacial score (nSPS) is 24.2. The molecule has 37 heavy (non-hydrogen) atoms. The van der Waals surface area contributed by atoms with Crippen LogP contribution in [0.25, 0.3) is 10.9 Å². The number of para-hydroxylation sites is 1. The van der Waals surface area contributed by atoms with E-state index in [1.807, 2.05) is 41.0 Å². The molecule has 3 aliphatic rings. The summed E-state index contributed by atoms with van der Waals surface area (Å²) in [7, 11) is 0. The van der Waals surface area contributed by atoms with Crippen molar-refractivity contribution < 1.29 is 22.3 Å². The zero-order valence-corrected chi connectivity index (χ0v) is 21.5. The predicted octanol–water partition coefficient (Wildman–Crippen LogP) is 6.10. The summed E-state index contributed by atoms with van der Waals surface area (Å²) in [5.74, 6) is -1.34. The summed E-state index contributed by atoms with van der Waals surface area (Å²) in [6.45, 7) is 6.43. The predicted molar refractivity (Wildman–Crippen MR) is 135 cm³/mol. The van der Waals surface area contributed by atoms with Crippen LogP contribution < -0.4 is 4.74 Å². The number of rotatable bonds is 7. The van der Waals surface area contributed by atoms with Crippen LogP contribution in [-0.4, -0.2) is 64.4 Å². The highest BCUT2D eigenvalue weighted by Gasteiger charge is 2.47. The average Bonchev–Trinajstić information content (AvgIpc) is 3.40. The number of likely N-dealkylation sites (tertiary alicyclic amines) is 1. The third kappa shape index (κ3) is 4.74. The van der Waals surface area contributed by atoms with Gasteiger partial charge in [-0.15, -0.1) is 0 Å². The lowest BCUT2D eigenvalue weighted by molar-refractivity contribution is 0.00169. The molecule has 2 fully saturated rings. The van der Waals surface area contributed by atoms with Crippen LogP contribution in [0, 0.1) is 11.6 Å². The lowest BCUT2D eigenvalue weighted by atomic mass is 9.87. The van der Waals surface area contributed by atoms with Crippen molar-refractivity contribution in [3.63, 3.8) is 0 Å². The maximum Gasteiger partial charge on any atom is 0.135 e. The van der Waals surface area contributed by atoms with Crippen LogP contribution in [-0.2, 0) is 6.42 Å². The van der Waals surface area contributed by atoms with E-state index in [0.29, 0.717) is 44.6 Å². The zero-order valence-electron chi connectivity index (χ0n) is 21.5. The minimum atomic E-state index is -1.55. The largest absolute Gasteiger partial charge is 0.488 e. The number of aromatic amines is 1. The summed E-state index contributed by atoms with van der Waals surface area (Å²) in [4.78, 5) is 7.21. The molecule has 0 radical (unpaired) electrons. The van der Waals surface area contributed by atoms with Crippen LogP contribution in [0.4, 0.5) is 17.6 Å². The van der Waals surface area contributed by atoms with Crippen LogP contribution >= 0.6 is 0 Å². The first-order valence-electron chi connectivity index (χ1n) is 13.1. The topological polar surface area (TPSA) is 31.5 Å². The van der Waals surface area contributed by atoms with Crippen molar-refractivity contribution in [1.29, 1.82) is 0 Å². The molecule has 0 spiro atoms. The van der Waals surface area contributed by atoms with Crippen molar-refractivity contribution in [2.45, 2.75) is 69.6 Å². The molecule has 2 aliphatic heterocycles. The second-order valence-corrected chi connectivity index (χ2v) is 11.8. The highest BCUT2D eigenvalue weighted by Crippen LogP contribution is 2.44. The van der Waals surface area contributed by atoms with Crippen LogP contribution in [0.15, 0.2) is 36.4 Å². The standard InChI is InChI=1S/C29H33F4N3O/c1-17-10-21-20-6-4-5-7-24(20)34-26(21)27(36(17)15-28(2,3)32)25-22(30)11-18(12-23(25)31)37-19-13-35(14-19)16-29(33)8-9-29/h4-7,11-12,17,19,27,34H,8-10,13-16H2,1-3H3/t17-,27-/m1/s1. The Morgan fingerprint density at radius 2 is 1.78 bits per heavy atom. The monoisotopic (exact) mass is 515 g/mol. The highest BCUT2D eigenvalue weighted by atomic mass is 19.2. The number of nitrogens with zero attached hydrogens (tertiary/aromatic N) is 2. The number of alkyl halides is 2. The van der Waals surface area contributed by atoms with Crippen LogP contribution in [0.2, 0.25) is 0 Å². The van der Waals surface area contributed by atoms with Crippen LogP contribution in [0.5, 0.6) is 5.75 Å². The van der Waals surface area contributed by atoms with E-state index in [1.54, 1.807) is 0 Å². The van der Waals surface area contributed by atoms with Crippen molar-refractivity contribution in [2.24, 2.45) is 0 Å². The number of aromatic nitrogens is 1. The number of halogens is 4. The number of benzene rings is 2. The minimum absolute atomic E-state index is 0.0265. The van der Waals surface area contributed by atoms with Gasteiger partial charge in [0.15, 0.2) is 0 Å². The lowest BCUT2D eigenvalue weighted by Crippen LogP contribution is -2.55. The van der Waals surface area contributed by atoms with Gasteiger partial charge >= 0.3 is 0 Å². The van der Waals surface area contributed by atoms with Crippen molar-refractivity contribution in [2.75, 3.05) is 26.2 Å². The van der Waals surface area contributed by atoms with Gasteiger partial charge < -0.3 is 9.72 Å². The van der Waals surface area contributed by atoms with Crippen molar-refractivity contribution in [3.8, 4) is 5.75 Å². The molecule has 1 saturated carbocycles. The molecule has 1 saturated heterocycles. The molecule has 3 aromatic rings. The fourth-order valence-electron chi connectivity index (χ4n) is 6.00. The van der Waals surface area contributed by atoms with Gasteiger partial charge in [-0.2, -0.15) is 0 Å². The van der Waals surface area contributed by atoms with Crippen LogP contribution in [0.1, 0.15) is 56.5 Å².